The van der Waals surface area contributed by atoms with Gasteiger partial charge in [-0.15, -0.1) is 6.58 Å². The monoisotopic (exact) mass is 366 g/mol. The van der Waals surface area contributed by atoms with Gasteiger partial charge in [0.15, 0.2) is 16.3 Å². The van der Waals surface area contributed by atoms with Crippen LogP contribution < -0.4 is 14.3 Å². The van der Waals surface area contributed by atoms with Gasteiger partial charge >= 0.3 is 0 Å². The molecule has 3 aromatic rings. The third kappa shape index (κ3) is 2.82. The van der Waals surface area contributed by atoms with E-state index in [4.69, 9.17) is 9.47 Å². The molecule has 132 valence electrons. The van der Waals surface area contributed by atoms with E-state index < -0.39 is 0 Å². The molecule has 2 heterocycles. The van der Waals surface area contributed by atoms with E-state index in [0.29, 0.717) is 22.7 Å². The topological polar surface area (TPSA) is 52.8 Å². The molecule has 0 unspecified atom stereocenters. The smallest absolute Gasteiger partial charge is 0.279 e. The summed E-state index contributed by atoms with van der Waals surface area (Å²) >= 11 is 1.45. The van der Waals surface area contributed by atoms with Gasteiger partial charge in [0.2, 0.25) is 6.79 Å². The SMILES string of the molecule is C=CCn1c(=NC(=O)c2ccc(C)c(C)c2)sc2cc3c(cc21)OCO3. The Morgan fingerprint density at radius 2 is 2.00 bits per heavy atom. The lowest BCUT2D eigenvalue weighted by atomic mass is 10.1. The van der Waals surface area contributed by atoms with Crippen molar-refractivity contribution in [3.05, 3.63) is 64.5 Å². The summed E-state index contributed by atoms with van der Waals surface area (Å²) in [5.74, 6) is 1.18. The summed E-state index contributed by atoms with van der Waals surface area (Å²) in [6, 6.07) is 9.50. The zero-order chi connectivity index (χ0) is 18.3. The number of hydrogen-bond donors (Lipinski definition) is 0. The van der Waals surface area contributed by atoms with E-state index in [1.807, 2.05) is 48.7 Å². The van der Waals surface area contributed by atoms with Gasteiger partial charge in [0, 0.05) is 24.2 Å². The first-order valence-corrected chi connectivity index (χ1v) is 9.08. The fraction of sp³-hybridized carbons (Fsp3) is 0.200. The molecule has 1 aliphatic rings. The van der Waals surface area contributed by atoms with Crippen LogP contribution in [0.25, 0.3) is 10.2 Å². The summed E-state index contributed by atoms with van der Waals surface area (Å²) < 4.78 is 13.9. The number of carbonyl (C=O) groups is 1. The molecule has 26 heavy (non-hydrogen) atoms. The lowest BCUT2D eigenvalue weighted by molar-refractivity contribution is 0.0998. The van der Waals surface area contributed by atoms with Gasteiger partial charge in [0.05, 0.1) is 10.2 Å². The summed E-state index contributed by atoms with van der Waals surface area (Å²) in [7, 11) is 0. The Kier molecular flexibility index (Phi) is 4.12. The van der Waals surface area contributed by atoms with Crippen molar-refractivity contribution in [2.45, 2.75) is 20.4 Å². The number of allylic oxidation sites excluding steroid dienone is 1. The second kappa shape index (κ2) is 6.46. The Morgan fingerprint density at radius 3 is 2.73 bits per heavy atom. The Balaban J connectivity index is 1.85. The van der Waals surface area contributed by atoms with E-state index in [1.165, 1.54) is 11.3 Å². The van der Waals surface area contributed by atoms with Gasteiger partial charge in [-0.2, -0.15) is 4.99 Å². The summed E-state index contributed by atoms with van der Waals surface area (Å²) in [6.07, 6.45) is 1.79. The Labute approximate surface area is 154 Å². The summed E-state index contributed by atoms with van der Waals surface area (Å²) in [5.41, 5.74) is 3.77. The number of hydrogen-bond acceptors (Lipinski definition) is 4. The Bertz CT molecular complexity index is 1110. The molecule has 0 radical (unpaired) electrons. The van der Waals surface area contributed by atoms with Crippen molar-refractivity contribution in [1.82, 2.24) is 4.57 Å². The first kappa shape index (κ1) is 16.6. The Morgan fingerprint density at radius 1 is 1.23 bits per heavy atom. The van der Waals surface area contributed by atoms with E-state index in [-0.39, 0.29) is 12.7 Å². The fourth-order valence-electron chi connectivity index (χ4n) is 2.88. The van der Waals surface area contributed by atoms with Crippen LogP contribution in [-0.4, -0.2) is 17.3 Å². The molecule has 0 fully saturated rings. The van der Waals surface area contributed by atoms with Crippen molar-refractivity contribution in [1.29, 1.82) is 0 Å². The maximum atomic E-state index is 12.7. The summed E-state index contributed by atoms with van der Waals surface area (Å²) in [6.45, 7) is 8.62. The minimum absolute atomic E-state index is 0.233. The standard InChI is InChI=1S/C20H18N2O3S/c1-4-7-22-15-9-16-17(25-11-24-16)10-18(15)26-20(22)21-19(23)14-6-5-12(2)13(3)8-14/h4-6,8-10H,1,7,11H2,2-3H3. The maximum absolute atomic E-state index is 12.7. The number of amides is 1. The third-order valence-electron chi connectivity index (χ3n) is 4.44. The normalized spacial score (nSPS) is 13.4. The molecule has 1 amide bonds. The first-order chi connectivity index (χ1) is 12.6. The summed E-state index contributed by atoms with van der Waals surface area (Å²) in [4.78, 5) is 17.7. The molecule has 2 aromatic carbocycles. The molecule has 0 spiro atoms. The van der Waals surface area contributed by atoms with Gasteiger partial charge < -0.3 is 14.0 Å². The zero-order valence-corrected chi connectivity index (χ0v) is 15.4. The largest absolute Gasteiger partial charge is 0.454 e. The van der Waals surface area contributed by atoms with Crippen LogP contribution in [0.4, 0.5) is 0 Å². The van der Waals surface area contributed by atoms with E-state index in [2.05, 4.69) is 11.6 Å². The maximum Gasteiger partial charge on any atom is 0.279 e. The van der Waals surface area contributed by atoms with Gasteiger partial charge in [0.25, 0.3) is 5.91 Å². The lowest BCUT2D eigenvalue weighted by Crippen LogP contribution is -2.16. The molecule has 4 rings (SSSR count). The molecule has 5 nitrogen and oxygen atoms in total. The van der Waals surface area contributed by atoms with Crippen LogP contribution in [0.5, 0.6) is 11.5 Å². The van der Waals surface area contributed by atoms with Gasteiger partial charge in [0.1, 0.15) is 0 Å². The molecule has 1 aromatic heterocycles. The molecule has 0 saturated heterocycles. The zero-order valence-electron chi connectivity index (χ0n) is 14.6. The quantitative estimate of drug-likeness (QED) is 0.659. The molecule has 0 saturated carbocycles. The van der Waals surface area contributed by atoms with E-state index in [1.54, 1.807) is 6.08 Å². The Hall–Kier alpha value is -2.86. The second-order valence-electron chi connectivity index (χ2n) is 6.17. The number of aromatic nitrogens is 1. The highest BCUT2D eigenvalue weighted by molar-refractivity contribution is 7.16. The van der Waals surface area contributed by atoms with Crippen LogP contribution in [0.3, 0.4) is 0 Å². The number of nitrogens with zero attached hydrogens (tertiary/aromatic N) is 2. The van der Waals surface area contributed by atoms with Gasteiger partial charge in [-0.3, -0.25) is 4.79 Å². The van der Waals surface area contributed by atoms with Crippen molar-refractivity contribution in [2.75, 3.05) is 6.79 Å². The molecular formula is C20H18N2O3S. The van der Waals surface area contributed by atoms with E-state index >= 15 is 0 Å². The minimum atomic E-state index is -0.252. The predicted molar refractivity (Wildman–Crippen MR) is 102 cm³/mol. The highest BCUT2D eigenvalue weighted by atomic mass is 32.1. The van der Waals surface area contributed by atoms with Crippen molar-refractivity contribution in [3.63, 3.8) is 0 Å². The molecule has 0 N–H and O–H groups in total. The van der Waals surface area contributed by atoms with Crippen LogP contribution in [0.15, 0.2) is 48.0 Å². The average Bonchev–Trinajstić information content (AvgIpc) is 3.20. The second-order valence-corrected chi connectivity index (χ2v) is 7.18. The number of carbonyl (C=O) groups excluding carboxylic acids is 1. The average molecular weight is 366 g/mol. The molecule has 0 bridgehead atoms. The van der Waals surface area contributed by atoms with Crippen molar-refractivity contribution in [3.8, 4) is 11.5 Å². The van der Waals surface area contributed by atoms with Crippen molar-refractivity contribution < 1.29 is 14.3 Å². The van der Waals surface area contributed by atoms with Gasteiger partial charge in [-0.25, -0.2) is 0 Å². The van der Waals surface area contributed by atoms with Crippen LogP contribution in [0.2, 0.25) is 0 Å². The lowest BCUT2D eigenvalue weighted by Gasteiger charge is -2.03. The van der Waals surface area contributed by atoms with Crippen LogP contribution >= 0.6 is 11.3 Å². The highest BCUT2D eigenvalue weighted by Gasteiger charge is 2.17. The van der Waals surface area contributed by atoms with Gasteiger partial charge in [-0.1, -0.05) is 23.5 Å². The van der Waals surface area contributed by atoms with Crippen LogP contribution in [-0.2, 0) is 6.54 Å². The number of fused-ring (bicyclic) bond motifs is 2. The molecule has 0 aliphatic carbocycles. The number of ether oxygens (including phenoxy) is 2. The molecular weight excluding hydrogens is 348 g/mol. The van der Waals surface area contributed by atoms with E-state index in [0.717, 1.165) is 27.1 Å². The number of thiazole rings is 1. The number of rotatable bonds is 3. The van der Waals surface area contributed by atoms with Crippen molar-refractivity contribution >= 4 is 27.5 Å². The minimum Gasteiger partial charge on any atom is -0.454 e. The van der Waals surface area contributed by atoms with Gasteiger partial charge in [-0.05, 0) is 37.1 Å². The third-order valence-corrected chi connectivity index (χ3v) is 5.48. The molecule has 6 heteroatoms. The number of benzene rings is 2. The number of aryl methyl sites for hydroxylation is 2. The van der Waals surface area contributed by atoms with Crippen molar-refractivity contribution in [2.24, 2.45) is 4.99 Å². The van der Waals surface area contributed by atoms with Crippen LogP contribution in [0.1, 0.15) is 21.5 Å². The van der Waals surface area contributed by atoms with E-state index in [9.17, 15) is 4.79 Å². The first-order valence-electron chi connectivity index (χ1n) is 8.27. The highest BCUT2D eigenvalue weighted by Crippen LogP contribution is 2.37. The molecule has 1 aliphatic heterocycles. The van der Waals surface area contributed by atoms with Crippen LogP contribution in [0, 0.1) is 13.8 Å². The predicted octanol–water partition coefficient (Wildman–Crippen LogP) is 3.98. The summed E-state index contributed by atoms with van der Waals surface area (Å²) in [5, 5.41) is 0. The fourth-order valence-corrected chi connectivity index (χ4v) is 3.92. The molecule has 0 atom stereocenters.